The average molecular weight is 1330 g/mol. The maximum Gasteiger partial charge on any atom is 0.472 e. The van der Waals surface area contributed by atoms with Crippen LogP contribution in [0.15, 0.2) is 0 Å². The Kier molecular flexibility index (Phi) is 63.0. The van der Waals surface area contributed by atoms with Gasteiger partial charge in [0.05, 0.1) is 26.4 Å². The van der Waals surface area contributed by atoms with Crippen LogP contribution in [0.2, 0.25) is 0 Å². The summed E-state index contributed by atoms with van der Waals surface area (Å²) in [6, 6.07) is 0. The summed E-state index contributed by atoms with van der Waals surface area (Å²) < 4.78 is 68.3. The van der Waals surface area contributed by atoms with Gasteiger partial charge in [0.25, 0.3) is 0 Å². The Morgan fingerprint density at radius 3 is 0.756 bits per heavy atom. The van der Waals surface area contributed by atoms with Gasteiger partial charge in [-0.05, 0) is 31.6 Å². The number of phosphoric acid groups is 2. The Bertz CT molecular complexity index is 1740. The molecule has 2 unspecified atom stereocenters. The van der Waals surface area contributed by atoms with Gasteiger partial charge in [-0.3, -0.25) is 37.3 Å². The van der Waals surface area contributed by atoms with Gasteiger partial charge in [-0.25, -0.2) is 9.13 Å². The number of hydrogen-bond donors (Lipinski definition) is 3. The van der Waals surface area contributed by atoms with Crippen molar-refractivity contribution in [2.24, 2.45) is 5.92 Å². The van der Waals surface area contributed by atoms with Gasteiger partial charge in [-0.1, -0.05) is 317 Å². The lowest BCUT2D eigenvalue weighted by molar-refractivity contribution is -0.161. The number of rotatable bonds is 71. The molecule has 0 aliphatic carbocycles. The van der Waals surface area contributed by atoms with E-state index in [0.717, 1.165) is 95.8 Å². The highest BCUT2D eigenvalue weighted by Gasteiger charge is 2.30. The number of aliphatic hydroxyl groups excluding tert-OH is 1. The molecule has 0 amide bonds. The lowest BCUT2D eigenvalue weighted by atomic mass is 10.0. The van der Waals surface area contributed by atoms with Crippen LogP contribution < -0.4 is 0 Å². The Labute approximate surface area is 549 Å². The second-order valence-electron chi connectivity index (χ2n) is 26.1. The number of carbonyl (C=O) groups excluding carboxylic acids is 4. The highest BCUT2D eigenvalue weighted by molar-refractivity contribution is 7.47. The molecule has 0 saturated carbocycles. The van der Waals surface area contributed by atoms with E-state index in [4.69, 9.17) is 37.0 Å². The van der Waals surface area contributed by atoms with Crippen LogP contribution in [-0.4, -0.2) is 96.7 Å². The number of esters is 4. The number of ether oxygens (including phenoxy) is 4. The van der Waals surface area contributed by atoms with Crippen LogP contribution in [0.5, 0.6) is 0 Å². The molecule has 0 aromatic carbocycles. The quantitative estimate of drug-likeness (QED) is 0.0222. The average Bonchev–Trinajstić information content (AvgIpc) is 3.67. The summed E-state index contributed by atoms with van der Waals surface area (Å²) in [6.45, 7) is 7.25. The molecule has 0 bridgehead atoms. The van der Waals surface area contributed by atoms with Gasteiger partial charge in [-0.15, -0.1) is 0 Å². The van der Waals surface area contributed by atoms with Gasteiger partial charge in [0.2, 0.25) is 0 Å². The van der Waals surface area contributed by atoms with Crippen LogP contribution >= 0.6 is 15.6 Å². The Morgan fingerprint density at radius 2 is 0.511 bits per heavy atom. The summed E-state index contributed by atoms with van der Waals surface area (Å²) in [5.74, 6) is -1.37. The zero-order valence-corrected chi connectivity index (χ0v) is 60.1. The first-order valence-electron chi connectivity index (χ1n) is 37.1. The molecule has 0 aliphatic rings. The Hall–Kier alpha value is -1.94. The molecule has 0 spiro atoms. The number of hydrogen-bond acceptors (Lipinski definition) is 15. The molecule has 0 fully saturated rings. The summed E-state index contributed by atoms with van der Waals surface area (Å²) in [7, 11) is -9.90. The van der Waals surface area contributed by atoms with Crippen LogP contribution in [-0.2, 0) is 65.4 Å². The van der Waals surface area contributed by atoms with Gasteiger partial charge in [-0.2, -0.15) is 0 Å². The molecule has 0 saturated heterocycles. The van der Waals surface area contributed by atoms with E-state index >= 15 is 0 Å². The summed E-state index contributed by atoms with van der Waals surface area (Å²) in [4.78, 5) is 72.6. The van der Waals surface area contributed by atoms with Crippen LogP contribution in [0, 0.1) is 5.92 Å². The van der Waals surface area contributed by atoms with Crippen molar-refractivity contribution in [1.82, 2.24) is 0 Å². The molecule has 0 aromatic rings. The molecule has 0 rings (SSSR count). The molecule has 0 aromatic heterocycles. The summed E-state index contributed by atoms with van der Waals surface area (Å²) in [6.07, 6.45) is 51.1. The SMILES string of the molecule is CCCCCCCCCCCCCCCC(=O)OC[C@H](COP(=O)(O)OC[C@@H](O)COP(=O)(O)OC[C@@H](COC(=O)CCCCCCCCCCCCCC)OC(=O)CCCCCCCCCCCCCC)OC(=O)CCCCCCCCCCCCC(C)C. The fraction of sp³-hybridized carbons (Fsp3) is 0.944. The van der Waals surface area contributed by atoms with Crippen LogP contribution in [0.25, 0.3) is 0 Å². The molecular formula is C71H138O17P2. The van der Waals surface area contributed by atoms with Crippen molar-refractivity contribution in [1.29, 1.82) is 0 Å². The maximum absolute atomic E-state index is 13.0. The molecule has 5 atom stereocenters. The zero-order chi connectivity index (χ0) is 66.3. The summed E-state index contributed by atoms with van der Waals surface area (Å²) in [5, 5.41) is 10.6. The topological polar surface area (TPSA) is 237 Å². The van der Waals surface area contributed by atoms with Crippen LogP contribution in [0.4, 0.5) is 0 Å². The van der Waals surface area contributed by atoms with E-state index in [1.807, 2.05) is 0 Å². The van der Waals surface area contributed by atoms with Gasteiger partial charge >= 0.3 is 39.5 Å². The van der Waals surface area contributed by atoms with Gasteiger partial charge < -0.3 is 33.8 Å². The van der Waals surface area contributed by atoms with Crippen molar-refractivity contribution in [3.63, 3.8) is 0 Å². The van der Waals surface area contributed by atoms with Crippen molar-refractivity contribution < 1.29 is 80.2 Å². The van der Waals surface area contributed by atoms with Crippen molar-refractivity contribution in [2.45, 2.75) is 387 Å². The maximum atomic E-state index is 13.0. The van der Waals surface area contributed by atoms with Gasteiger partial charge in [0, 0.05) is 25.7 Å². The highest BCUT2D eigenvalue weighted by atomic mass is 31.2. The van der Waals surface area contributed by atoms with Crippen molar-refractivity contribution in [3.8, 4) is 0 Å². The monoisotopic (exact) mass is 1320 g/mol. The number of phosphoric ester groups is 2. The van der Waals surface area contributed by atoms with E-state index in [1.165, 1.54) is 193 Å². The molecule has 3 N–H and O–H groups in total. The predicted molar refractivity (Wildman–Crippen MR) is 363 cm³/mol. The molecular weight excluding hydrogens is 1190 g/mol. The largest absolute Gasteiger partial charge is 0.472 e. The minimum Gasteiger partial charge on any atom is -0.462 e. The van der Waals surface area contributed by atoms with Crippen LogP contribution in [0.3, 0.4) is 0 Å². The molecule has 0 radical (unpaired) electrons. The molecule has 17 nitrogen and oxygen atoms in total. The number of aliphatic hydroxyl groups is 1. The molecule has 19 heteroatoms. The van der Waals surface area contributed by atoms with Crippen molar-refractivity contribution in [3.05, 3.63) is 0 Å². The summed E-state index contributed by atoms with van der Waals surface area (Å²) in [5.41, 5.74) is 0. The molecule has 90 heavy (non-hydrogen) atoms. The van der Waals surface area contributed by atoms with E-state index in [9.17, 15) is 43.2 Å². The molecule has 0 aliphatic heterocycles. The zero-order valence-electron chi connectivity index (χ0n) is 58.3. The molecule has 534 valence electrons. The second kappa shape index (κ2) is 64.4. The first kappa shape index (κ1) is 88.1. The standard InChI is InChI=1S/C71H138O17P2/c1-6-9-12-15-18-21-24-27-30-35-40-45-50-55-69(74)82-61-67(88-71(76)57-52-47-42-37-32-31-33-38-43-48-53-64(4)5)63-86-90(79,80)84-59-65(72)58-83-89(77,78)85-62-66(87-70(75)56-51-46-41-36-29-26-23-20-17-14-11-8-3)60-81-68(73)54-49-44-39-34-28-25-22-19-16-13-10-7-2/h64-67,72H,6-63H2,1-5H3,(H,77,78)(H,79,80)/t65-,66+,67+/m0/s1. The Morgan fingerprint density at radius 1 is 0.300 bits per heavy atom. The van der Waals surface area contributed by atoms with E-state index < -0.39 is 97.5 Å². The number of unbranched alkanes of at least 4 members (excludes halogenated alkanes) is 43. The van der Waals surface area contributed by atoms with Crippen molar-refractivity contribution >= 4 is 39.5 Å². The fourth-order valence-electron chi connectivity index (χ4n) is 10.8. The minimum absolute atomic E-state index is 0.107. The first-order chi connectivity index (χ1) is 43.5. The number of carbonyl (C=O) groups is 4. The third-order valence-corrected chi connectivity index (χ3v) is 18.4. The lowest BCUT2D eigenvalue weighted by Gasteiger charge is -2.21. The highest BCUT2D eigenvalue weighted by Crippen LogP contribution is 2.45. The van der Waals surface area contributed by atoms with E-state index in [2.05, 4.69) is 34.6 Å². The Balaban J connectivity index is 5.25. The van der Waals surface area contributed by atoms with E-state index in [0.29, 0.717) is 25.7 Å². The predicted octanol–water partition coefficient (Wildman–Crippen LogP) is 20.5. The first-order valence-corrected chi connectivity index (χ1v) is 40.1. The third-order valence-electron chi connectivity index (χ3n) is 16.5. The molecule has 0 heterocycles. The van der Waals surface area contributed by atoms with Crippen LogP contribution in [0.1, 0.15) is 369 Å². The fourth-order valence-corrected chi connectivity index (χ4v) is 12.4. The smallest absolute Gasteiger partial charge is 0.462 e. The lowest BCUT2D eigenvalue weighted by Crippen LogP contribution is -2.30. The second-order valence-corrected chi connectivity index (χ2v) is 29.0. The van der Waals surface area contributed by atoms with Crippen molar-refractivity contribution in [2.75, 3.05) is 39.6 Å². The third kappa shape index (κ3) is 64.8. The van der Waals surface area contributed by atoms with Gasteiger partial charge in [0.15, 0.2) is 12.2 Å². The van der Waals surface area contributed by atoms with E-state index in [1.54, 1.807) is 0 Å². The van der Waals surface area contributed by atoms with E-state index in [-0.39, 0.29) is 25.7 Å². The summed E-state index contributed by atoms with van der Waals surface area (Å²) >= 11 is 0. The minimum atomic E-state index is -4.95. The van der Waals surface area contributed by atoms with Gasteiger partial charge in [0.1, 0.15) is 19.3 Å². The normalized spacial score (nSPS) is 14.1.